The van der Waals surface area contributed by atoms with Gasteiger partial charge < -0.3 is 14.9 Å². The minimum Gasteiger partial charge on any atom is -0.480 e. The number of aliphatic imine (C=N–C) groups is 1. The van der Waals surface area contributed by atoms with Crippen molar-refractivity contribution in [2.45, 2.75) is 25.6 Å². The van der Waals surface area contributed by atoms with Gasteiger partial charge >= 0.3 is 5.97 Å². The smallest absolute Gasteiger partial charge is 0.321 e. The van der Waals surface area contributed by atoms with Gasteiger partial charge in [-0.1, -0.05) is 29.8 Å². The highest BCUT2D eigenvalue weighted by molar-refractivity contribution is 7.15. The molecule has 11 heteroatoms. The fraction of sp³-hybridized carbons (Fsp3) is 0.364. The van der Waals surface area contributed by atoms with E-state index in [0.29, 0.717) is 60.7 Å². The number of aliphatic carboxylic acids is 1. The summed E-state index contributed by atoms with van der Waals surface area (Å²) >= 11 is 7.94. The molecule has 2 aliphatic rings. The van der Waals surface area contributed by atoms with Gasteiger partial charge in [-0.15, -0.1) is 21.5 Å². The van der Waals surface area contributed by atoms with Crippen molar-refractivity contribution in [3.8, 4) is 5.00 Å². The van der Waals surface area contributed by atoms with Crippen LogP contribution < -0.4 is 0 Å². The zero-order valence-electron chi connectivity index (χ0n) is 17.8. The summed E-state index contributed by atoms with van der Waals surface area (Å²) < 4.78 is 7.17. The molecule has 2 N–H and O–H groups in total. The molecule has 172 valence electrons. The van der Waals surface area contributed by atoms with E-state index >= 15 is 0 Å². The van der Waals surface area contributed by atoms with Crippen molar-refractivity contribution in [2.24, 2.45) is 4.99 Å². The van der Waals surface area contributed by atoms with Crippen molar-refractivity contribution in [3.05, 3.63) is 63.0 Å². The number of hydrogen-bond acceptors (Lipinski definition) is 8. The number of rotatable bonds is 5. The second kappa shape index (κ2) is 8.96. The summed E-state index contributed by atoms with van der Waals surface area (Å²) in [7, 11) is 0. The maximum absolute atomic E-state index is 12.1. The molecule has 1 aromatic carbocycles. The Balaban J connectivity index is 1.61. The highest BCUT2D eigenvalue weighted by atomic mass is 35.5. The Kier molecular flexibility index (Phi) is 6.02. The van der Waals surface area contributed by atoms with Crippen LogP contribution in [0.1, 0.15) is 33.9 Å². The summed E-state index contributed by atoms with van der Waals surface area (Å²) in [4.78, 5) is 19.5. The Hall–Kier alpha value is -2.63. The van der Waals surface area contributed by atoms with Crippen LogP contribution in [0.4, 0.5) is 0 Å². The molecule has 33 heavy (non-hydrogen) atoms. The predicted octanol–water partition coefficient (Wildman–Crippen LogP) is 2.46. The molecule has 5 rings (SSSR count). The first-order valence-corrected chi connectivity index (χ1v) is 11.7. The van der Waals surface area contributed by atoms with Gasteiger partial charge in [0, 0.05) is 40.5 Å². The molecule has 2 aliphatic heterocycles. The lowest BCUT2D eigenvalue weighted by atomic mass is 10.0. The summed E-state index contributed by atoms with van der Waals surface area (Å²) in [6.45, 7) is 4.01. The Labute approximate surface area is 198 Å². The van der Waals surface area contributed by atoms with Crippen molar-refractivity contribution in [1.82, 2.24) is 19.7 Å². The largest absolute Gasteiger partial charge is 0.480 e. The van der Waals surface area contributed by atoms with Crippen molar-refractivity contribution >= 4 is 34.6 Å². The molecular weight excluding hydrogens is 466 g/mol. The monoisotopic (exact) mass is 487 g/mol. The van der Waals surface area contributed by atoms with E-state index in [1.54, 1.807) is 17.6 Å². The number of aliphatic hydroxyl groups is 1. The van der Waals surface area contributed by atoms with Gasteiger partial charge in [0.25, 0.3) is 0 Å². The first-order valence-electron chi connectivity index (χ1n) is 10.5. The molecule has 1 saturated heterocycles. The predicted molar refractivity (Wildman–Crippen MR) is 124 cm³/mol. The van der Waals surface area contributed by atoms with Gasteiger partial charge in [-0.25, -0.2) is 4.99 Å². The first-order chi connectivity index (χ1) is 15.9. The van der Waals surface area contributed by atoms with Crippen LogP contribution in [-0.2, 0) is 16.0 Å². The van der Waals surface area contributed by atoms with Crippen LogP contribution >= 0.6 is 22.9 Å². The number of morpholine rings is 1. The van der Waals surface area contributed by atoms with Gasteiger partial charge in [-0.2, -0.15) is 0 Å². The average Bonchev–Trinajstić information content (AvgIpc) is 3.37. The topological polar surface area (TPSA) is 113 Å². The molecule has 0 radical (unpaired) electrons. The van der Waals surface area contributed by atoms with E-state index in [0.717, 1.165) is 15.4 Å². The summed E-state index contributed by atoms with van der Waals surface area (Å²) in [5, 5.41) is 30.3. The van der Waals surface area contributed by atoms with E-state index in [-0.39, 0.29) is 0 Å². The maximum atomic E-state index is 12.1. The fourth-order valence-electron chi connectivity index (χ4n) is 4.23. The first kappa shape index (κ1) is 22.2. The van der Waals surface area contributed by atoms with Crippen LogP contribution in [0, 0.1) is 6.92 Å². The quantitative estimate of drug-likeness (QED) is 0.568. The number of halogens is 1. The number of aryl methyl sites for hydroxylation is 1. The number of nitrogens with zero attached hydrogens (tertiary/aromatic N) is 5. The van der Waals surface area contributed by atoms with Crippen molar-refractivity contribution in [2.75, 3.05) is 26.3 Å². The molecule has 2 aromatic heterocycles. The van der Waals surface area contributed by atoms with Crippen LogP contribution in [0.5, 0.6) is 0 Å². The molecular formula is C22H22ClN5O4S. The van der Waals surface area contributed by atoms with Crippen LogP contribution in [0.3, 0.4) is 0 Å². The van der Waals surface area contributed by atoms with E-state index in [1.807, 2.05) is 29.2 Å². The summed E-state index contributed by atoms with van der Waals surface area (Å²) in [5.74, 6) is 0.0570. The fourth-order valence-corrected chi connectivity index (χ4v) is 5.71. The van der Waals surface area contributed by atoms with E-state index in [2.05, 4.69) is 15.2 Å². The third kappa shape index (κ3) is 4.09. The normalized spacial score (nSPS) is 19.4. The van der Waals surface area contributed by atoms with Crippen molar-refractivity contribution in [3.63, 3.8) is 0 Å². The highest BCUT2D eigenvalue weighted by Crippen LogP contribution is 2.37. The molecule has 9 nitrogen and oxygen atoms in total. The SMILES string of the molecule is Cc1nnc2n1-c1sc(CC(C(=O)O)N3CCOCC3)cc1C(c1ccccc1Cl)=NC2O. The molecule has 1 fully saturated rings. The molecule has 0 saturated carbocycles. The van der Waals surface area contributed by atoms with Gasteiger partial charge in [-0.05, 0) is 19.1 Å². The Morgan fingerprint density at radius 2 is 2.03 bits per heavy atom. The number of ether oxygens (including phenoxy) is 1. The number of carboxylic acid groups (broad SMARTS) is 1. The molecule has 0 bridgehead atoms. The molecule has 0 aliphatic carbocycles. The average molecular weight is 488 g/mol. The van der Waals surface area contributed by atoms with E-state index in [1.165, 1.54) is 11.3 Å². The van der Waals surface area contributed by atoms with Crippen LogP contribution in [0.2, 0.25) is 5.02 Å². The molecule has 2 atom stereocenters. The minimum atomic E-state index is -1.21. The zero-order chi connectivity index (χ0) is 23.1. The van der Waals surface area contributed by atoms with Gasteiger partial charge in [0.05, 0.1) is 18.9 Å². The van der Waals surface area contributed by atoms with Gasteiger partial charge in [0.2, 0.25) is 6.23 Å². The number of thiophene rings is 1. The third-order valence-corrected chi connectivity index (χ3v) is 7.32. The van der Waals surface area contributed by atoms with Crippen molar-refractivity contribution < 1.29 is 19.7 Å². The summed E-state index contributed by atoms with van der Waals surface area (Å²) in [6, 6.07) is 8.59. The Morgan fingerprint density at radius 1 is 1.27 bits per heavy atom. The molecule has 2 unspecified atom stereocenters. The van der Waals surface area contributed by atoms with Gasteiger partial charge in [-0.3, -0.25) is 14.3 Å². The van der Waals surface area contributed by atoms with Gasteiger partial charge in [0.15, 0.2) is 5.82 Å². The van der Waals surface area contributed by atoms with Crippen LogP contribution in [0.15, 0.2) is 35.3 Å². The maximum Gasteiger partial charge on any atom is 0.321 e. The number of carbonyl (C=O) groups is 1. The van der Waals surface area contributed by atoms with Crippen LogP contribution in [0.25, 0.3) is 5.00 Å². The second-order valence-electron chi connectivity index (χ2n) is 7.91. The standard InChI is InChI=1S/C22H22ClN5O4S/c1-12-25-26-19-20(29)24-18(14-4-2-3-5-16(14)23)15-10-13(33-21(15)28(12)19)11-17(22(30)31)27-6-8-32-9-7-27/h2-5,10,17,20,29H,6-9,11H2,1H3,(H,30,31). The number of aromatic nitrogens is 3. The lowest BCUT2D eigenvalue weighted by Crippen LogP contribution is -2.48. The second-order valence-corrected chi connectivity index (χ2v) is 9.43. The molecule has 0 amide bonds. The minimum absolute atomic E-state index is 0.312. The Morgan fingerprint density at radius 3 is 2.76 bits per heavy atom. The molecule has 0 spiro atoms. The van der Waals surface area contributed by atoms with Crippen LogP contribution in [-0.4, -0.2) is 73.9 Å². The highest BCUT2D eigenvalue weighted by Gasteiger charge is 2.32. The number of hydrogen-bond donors (Lipinski definition) is 2. The summed E-state index contributed by atoms with van der Waals surface area (Å²) in [6.07, 6.45) is -0.873. The summed E-state index contributed by atoms with van der Waals surface area (Å²) in [5.41, 5.74) is 1.98. The Bertz CT molecular complexity index is 1230. The van der Waals surface area contributed by atoms with E-state index in [9.17, 15) is 15.0 Å². The lowest BCUT2D eigenvalue weighted by Gasteiger charge is -2.31. The number of benzene rings is 1. The lowest BCUT2D eigenvalue weighted by molar-refractivity contribution is -0.145. The number of fused-ring (bicyclic) bond motifs is 3. The van der Waals surface area contributed by atoms with Crippen molar-refractivity contribution in [1.29, 1.82) is 0 Å². The van der Waals surface area contributed by atoms with Gasteiger partial charge in [0.1, 0.15) is 16.9 Å². The third-order valence-electron chi connectivity index (χ3n) is 5.85. The van der Waals surface area contributed by atoms with E-state index in [4.69, 9.17) is 16.3 Å². The number of aliphatic hydroxyl groups excluding tert-OH is 1. The number of carboxylic acids is 1. The van der Waals surface area contributed by atoms with E-state index < -0.39 is 18.2 Å². The molecule has 3 aromatic rings. The molecule has 4 heterocycles. The zero-order valence-corrected chi connectivity index (χ0v) is 19.4.